The van der Waals surface area contributed by atoms with E-state index in [4.69, 9.17) is 10.5 Å². The number of rotatable bonds is 7. The first-order valence-electron chi connectivity index (χ1n) is 7.67. The number of carbonyl (C=O) groups excluding carboxylic acids is 1. The predicted molar refractivity (Wildman–Crippen MR) is 89.8 cm³/mol. The first-order chi connectivity index (χ1) is 10.9. The van der Waals surface area contributed by atoms with Crippen LogP contribution in [0.4, 0.5) is 11.4 Å². The second kappa shape index (κ2) is 7.76. The van der Waals surface area contributed by atoms with Crippen molar-refractivity contribution in [3.05, 3.63) is 23.8 Å². The number of sulfonamides is 1. The van der Waals surface area contributed by atoms with Gasteiger partial charge in [-0.3, -0.25) is 4.79 Å². The molecule has 1 aromatic carbocycles. The summed E-state index contributed by atoms with van der Waals surface area (Å²) in [7, 11) is -3.52. The Labute approximate surface area is 136 Å². The highest BCUT2D eigenvalue weighted by atomic mass is 32.2. The van der Waals surface area contributed by atoms with Gasteiger partial charge in [-0.05, 0) is 37.5 Å². The van der Waals surface area contributed by atoms with E-state index < -0.39 is 10.0 Å². The third-order valence-electron chi connectivity index (χ3n) is 3.73. The minimum Gasteiger partial charge on any atom is -0.398 e. The van der Waals surface area contributed by atoms with Gasteiger partial charge in [0.2, 0.25) is 15.9 Å². The minimum absolute atomic E-state index is 0.114. The van der Waals surface area contributed by atoms with E-state index in [0.29, 0.717) is 18.8 Å². The van der Waals surface area contributed by atoms with E-state index in [9.17, 15) is 13.2 Å². The van der Waals surface area contributed by atoms with Gasteiger partial charge >= 0.3 is 0 Å². The average Bonchev–Trinajstić information content (AvgIpc) is 2.53. The molecule has 0 spiro atoms. The molecule has 23 heavy (non-hydrogen) atoms. The number of ether oxygens (including phenoxy) is 1. The van der Waals surface area contributed by atoms with Crippen molar-refractivity contribution in [3.63, 3.8) is 0 Å². The van der Waals surface area contributed by atoms with Crippen molar-refractivity contribution in [3.8, 4) is 0 Å². The Morgan fingerprint density at radius 2 is 2.22 bits per heavy atom. The van der Waals surface area contributed by atoms with Gasteiger partial charge in [0.15, 0.2) is 0 Å². The van der Waals surface area contributed by atoms with Crippen LogP contribution in [-0.4, -0.2) is 46.4 Å². The van der Waals surface area contributed by atoms with Crippen LogP contribution in [0.1, 0.15) is 18.9 Å². The lowest BCUT2D eigenvalue weighted by atomic mass is 10.00. The van der Waals surface area contributed by atoms with E-state index in [0.717, 1.165) is 24.1 Å². The number of amides is 1. The molecule has 0 fully saturated rings. The zero-order chi connectivity index (χ0) is 16.9. The molecule has 0 radical (unpaired) electrons. The van der Waals surface area contributed by atoms with Crippen molar-refractivity contribution in [2.24, 2.45) is 0 Å². The lowest BCUT2D eigenvalue weighted by Gasteiger charge is -2.30. The van der Waals surface area contributed by atoms with Gasteiger partial charge < -0.3 is 15.4 Å². The molecule has 0 saturated carbocycles. The molecule has 2 rings (SSSR count). The lowest BCUT2D eigenvalue weighted by molar-refractivity contribution is -0.117. The molecule has 0 saturated heterocycles. The summed E-state index contributed by atoms with van der Waals surface area (Å²) in [6.07, 6.45) is 1.63. The van der Waals surface area contributed by atoms with Crippen LogP contribution in [-0.2, 0) is 26.0 Å². The van der Waals surface area contributed by atoms with Crippen molar-refractivity contribution < 1.29 is 17.9 Å². The van der Waals surface area contributed by atoms with Crippen molar-refractivity contribution in [2.45, 2.75) is 19.8 Å². The molecule has 0 aromatic heterocycles. The molecule has 0 unspecified atom stereocenters. The smallest absolute Gasteiger partial charge is 0.242 e. The van der Waals surface area contributed by atoms with Crippen LogP contribution in [0.15, 0.2) is 18.2 Å². The van der Waals surface area contributed by atoms with Gasteiger partial charge in [-0.15, -0.1) is 0 Å². The molecule has 3 N–H and O–H groups in total. The topological polar surface area (TPSA) is 102 Å². The van der Waals surface area contributed by atoms with Crippen molar-refractivity contribution in [2.75, 3.05) is 42.7 Å². The molecule has 0 atom stereocenters. The zero-order valence-electron chi connectivity index (χ0n) is 13.2. The summed E-state index contributed by atoms with van der Waals surface area (Å²) in [4.78, 5) is 14.0. The molecule has 1 aromatic rings. The predicted octanol–water partition coefficient (Wildman–Crippen LogP) is 0.504. The highest BCUT2D eigenvalue weighted by molar-refractivity contribution is 7.89. The molecule has 8 heteroatoms. The molecule has 7 nitrogen and oxygen atoms in total. The first-order valence-corrected chi connectivity index (χ1v) is 9.32. The number of anilines is 2. The fourth-order valence-electron chi connectivity index (χ4n) is 2.56. The van der Waals surface area contributed by atoms with Gasteiger partial charge in [0.05, 0.1) is 18.9 Å². The summed E-state index contributed by atoms with van der Waals surface area (Å²) in [6, 6.07) is 5.45. The Bertz CT molecular complexity index is 661. The Kier molecular flexibility index (Phi) is 5.97. The number of fused-ring (bicyclic) bond motifs is 1. The first kappa shape index (κ1) is 17.7. The van der Waals surface area contributed by atoms with Gasteiger partial charge in [0, 0.05) is 24.5 Å². The highest BCUT2D eigenvalue weighted by Gasteiger charge is 2.24. The molecule has 0 aliphatic carbocycles. The van der Waals surface area contributed by atoms with Crippen LogP contribution in [0.2, 0.25) is 0 Å². The van der Waals surface area contributed by atoms with Crippen molar-refractivity contribution in [1.82, 2.24) is 4.72 Å². The summed E-state index contributed by atoms with van der Waals surface area (Å²) in [6.45, 7) is 2.67. The van der Waals surface area contributed by atoms with Crippen LogP contribution in [0.5, 0.6) is 0 Å². The van der Waals surface area contributed by atoms with E-state index in [1.165, 1.54) is 0 Å². The number of nitrogens with one attached hydrogen (secondary N) is 1. The molecule has 1 aliphatic heterocycles. The van der Waals surface area contributed by atoms with E-state index >= 15 is 0 Å². The average molecular weight is 341 g/mol. The summed E-state index contributed by atoms with van der Waals surface area (Å²) in [5.41, 5.74) is 8.34. The summed E-state index contributed by atoms with van der Waals surface area (Å²) in [5.74, 6) is -0.436. The molecular weight excluding hydrogens is 318 g/mol. The van der Waals surface area contributed by atoms with Gasteiger partial charge in [-0.2, -0.15) is 0 Å². The maximum Gasteiger partial charge on any atom is 0.242 e. The Morgan fingerprint density at radius 1 is 1.43 bits per heavy atom. The van der Waals surface area contributed by atoms with Gasteiger partial charge in [-0.25, -0.2) is 13.1 Å². The fraction of sp³-hybridized carbons (Fsp3) is 0.533. The second-order valence-electron chi connectivity index (χ2n) is 5.33. The van der Waals surface area contributed by atoms with E-state index in [1.807, 2.05) is 12.1 Å². The largest absolute Gasteiger partial charge is 0.398 e. The molecule has 1 heterocycles. The molecule has 1 aliphatic rings. The van der Waals surface area contributed by atoms with Crippen LogP contribution in [0, 0.1) is 0 Å². The van der Waals surface area contributed by atoms with Gasteiger partial charge in [0.1, 0.15) is 0 Å². The van der Waals surface area contributed by atoms with E-state index in [2.05, 4.69) is 4.72 Å². The van der Waals surface area contributed by atoms with E-state index in [-0.39, 0.29) is 24.8 Å². The number of carbonyl (C=O) groups is 1. The van der Waals surface area contributed by atoms with Gasteiger partial charge in [-0.1, -0.05) is 6.07 Å². The van der Waals surface area contributed by atoms with Crippen LogP contribution in [0.3, 0.4) is 0 Å². The normalized spacial score (nSPS) is 14.6. The van der Waals surface area contributed by atoms with Crippen LogP contribution < -0.4 is 15.4 Å². The molecular formula is C15H23N3O4S. The van der Waals surface area contributed by atoms with E-state index in [1.54, 1.807) is 17.9 Å². The summed E-state index contributed by atoms with van der Waals surface area (Å²) in [5, 5.41) is 0. The molecule has 128 valence electrons. The highest BCUT2D eigenvalue weighted by Crippen LogP contribution is 2.31. The zero-order valence-corrected chi connectivity index (χ0v) is 14.1. The van der Waals surface area contributed by atoms with Crippen molar-refractivity contribution >= 4 is 27.3 Å². The van der Waals surface area contributed by atoms with Crippen LogP contribution in [0.25, 0.3) is 0 Å². The third kappa shape index (κ3) is 4.66. The Hall–Kier alpha value is -1.64. The SMILES string of the molecule is CCOCCS(=O)(=O)NCC(=O)N1CCCc2c(N)cccc21. The number of nitrogens with zero attached hydrogens (tertiary/aromatic N) is 1. The number of nitrogen functional groups attached to an aromatic ring is 1. The maximum absolute atomic E-state index is 12.4. The molecule has 1 amide bonds. The molecule has 0 bridgehead atoms. The fourth-order valence-corrected chi connectivity index (χ4v) is 3.39. The standard InChI is InChI=1S/C15H23N3O4S/c1-2-22-9-10-23(20,21)17-11-15(19)18-8-4-5-12-13(16)6-3-7-14(12)18/h3,6-7,17H,2,4-5,8-11,16H2,1H3. The minimum atomic E-state index is -3.52. The monoisotopic (exact) mass is 341 g/mol. The summed E-state index contributed by atoms with van der Waals surface area (Å²) < 4.78 is 31.0. The Balaban J connectivity index is 1.99. The van der Waals surface area contributed by atoms with Gasteiger partial charge in [0.25, 0.3) is 0 Å². The van der Waals surface area contributed by atoms with Crippen LogP contribution >= 0.6 is 0 Å². The lowest BCUT2D eigenvalue weighted by Crippen LogP contribution is -2.43. The number of benzene rings is 1. The summed E-state index contributed by atoms with van der Waals surface area (Å²) >= 11 is 0. The maximum atomic E-state index is 12.4. The number of hydrogen-bond donors (Lipinski definition) is 2. The quantitative estimate of drug-likeness (QED) is 0.555. The number of nitrogens with two attached hydrogens (primary N) is 1. The number of hydrogen-bond acceptors (Lipinski definition) is 5. The second-order valence-corrected chi connectivity index (χ2v) is 7.26. The van der Waals surface area contributed by atoms with Crippen molar-refractivity contribution in [1.29, 1.82) is 0 Å². The Morgan fingerprint density at radius 3 is 2.96 bits per heavy atom. The third-order valence-corrected chi connectivity index (χ3v) is 5.02.